The van der Waals surface area contributed by atoms with Crippen molar-refractivity contribution in [2.45, 2.75) is 34.1 Å². The van der Waals surface area contributed by atoms with Gasteiger partial charge in [0.15, 0.2) is 0 Å². The third-order valence-electron chi connectivity index (χ3n) is 3.09. The van der Waals surface area contributed by atoms with E-state index in [0.29, 0.717) is 24.1 Å². The van der Waals surface area contributed by atoms with Gasteiger partial charge in [0.05, 0.1) is 12.3 Å². The van der Waals surface area contributed by atoms with E-state index in [0.717, 1.165) is 18.9 Å². The van der Waals surface area contributed by atoms with Crippen LogP contribution in [0.25, 0.3) is 0 Å². The number of nitrogens with zero attached hydrogens (tertiary/aromatic N) is 2. The summed E-state index contributed by atoms with van der Waals surface area (Å²) in [5, 5.41) is 0. The molecule has 4 nitrogen and oxygen atoms in total. The summed E-state index contributed by atoms with van der Waals surface area (Å²) < 4.78 is 5.44. The fourth-order valence-corrected chi connectivity index (χ4v) is 1.76. The molecule has 0 aliphatic heterocycles. The Bertz CT molecular complexity index is 368. The molecule has 2 N–H and O–H groups in total. The zero-order valence-corrected chi connectivity index (χ0v) is 11.9. The van der Waals surface area contributed by atoms with Crippen molar-refractivity contribution in [3.8, 4) is 5.88 Å². The average Bonchev–Trinajstić information content (AvgIpc) is 2.38. The van der Waals surface area contributed by atoms with Crippen LogP contribution in [-0.2, 0) is 0 Å². The molecule has 1 heterocycles. The molecule has 0 aliphatic carbocycles. The zero-order valence-electron chi connectivity index (χ0n) is 11.9. The topological polar surface area (TPSA) is 51.4 Å². The highest BCUT2D eigenvalue weighted by Gasteiger charge is 2.12. The second kappa shape index (κ2) is 7.09. The minimum absolute atomic E-state index is 0.539. The highest BCUT2D eigenvalue weighted by atomic mass is 16.5. The summed E-state index contributed by atoms with van der Waals surface area (Å²) in [4.78, 5) is 6.76. The first-order chi connectivity index (χ1) is 8.62. The van der Waals surface area contributed by atoms with E-state index in [2.05, 4.69) is 30.7 Å². The molecule has 18 heavy (non-hydrogen) atoms. The van der Waals surface area contributed by atoms with Crippen molar-refractivity contribution in [1.29, 1.82) is 0 Å². The number of ether oxygens (including phenoxy) is 1. The predicted octanol–water partition coefficient (Wildman–Crippen LogP) is 2.93. The van der Waals surface area contributed by atoms with E-state index in [-0.39, 0.29) is 0 Å². The Morgan fingerprint density at radius 1 is 1.33 bits per heavy atom. The number of nitrogens with two attached hydrogens (primary N) is 1. The van der Waals surface area contributed by atoms with Crippen LogP contribution in [0.4, 0.5) is 11.5 Å². The van der Waals surface area contributed by atoms with Crippen LogP contribution in [0.5, 0.6) is 5.88 Å². The number of hydrogen-bond donors (Lipinski definition) is 1. The Kier molecular flexibility index (Phi) is 5.75. The van der Waals surface area contributed by atoms with Gasteiger partial charge in [-0.1, -0.05) is 20.3 Å². The molecule has 0 aromatic carbocycles. The molecule has 1 aromatic heterocycles. The van der Waals surface area contributed by atoms with Gasteiger partial charge in [-0.2, -0.15) is 4.98 Å². The van der Waals surface area contributed by atoms with E-state index in [1.165, 1.54) is 6.42 Å². The minimum Gasteiger partial charge on any atom is -0.476 e. The third kappa shape index (κ3) is 3.79. The fourth-order valence-electron chi connectivity index (χ4n) is 1.76. The lowest BCUT2D eigenvalue weighted by atomic mass is 10.1. The molecule has 0 bridgehead atoms. The number of hydrogen-bond acceptors (Lipinski definition) is 4. The molecule has 1 atom stereocenters. The second-order valence-corrected chi connectivity index (χ2v) is 4.55. The van der Waals surface area contributed by atoms with E-state index < -0.39 is 0 Å². The lowest BCUT2D eigenvalue weighted by Gasteiger charge is -2.25. The van der Waals surface area contributed by atoms with Gasteiger partial charge in [0.1, 0.15) is 5.82 Å². The van der Waals surface area contributed by atoms with Crippen LogP contribution >= 0.6 is 0 Å². The Labute approximate surface area is 110 Å². The average molecular weight is 251 g/mol. The quantitative estimate of drug-likeness (QED) is 0.809. The summed E-state index contributed by atoms with van der Waals surface area (Å²) in [7, 11) is 0. The SMILES string of the molecule is CCOc1nc(N(CC)CC(C)CC)ccc1N. The van der Waals surface area contributed by atoms with Gasteiger partial charge >= 0.3 is 0 Å². The Morgan fingerprint density at radius 2 is 2.06 bits per heavy atom. The zero-order chi connectivity index (χ0) is 13.5. The van der Waals surface area contributed by atoms with Gasteiger partial charge < -0.3 is 15.4 Å². The number of nitrogen functional groups attached to an aromatic ring is 1. The molecule has 0 spiro atoms. The van der Waals surface area contributed by atoms with Crippen molar-refractivity contribution in [1.82, 2.24) is 4.98 Å². The van der Waals surface area contributed by atoms with Gasteiger partial charge in [-0.3, -0.25) is 0 Å². The summed E-state index contributed by atoms with van der Waals surface area (Å²) in [6, 6.07) is 3.83. The molecule has 0 saturated heterocycles. The lowest BCUT2D eigenvalue weighted by Crippen LogP contribution is -2.29. The maximum absolute atomic E-state index is 5.84. The molecule has 1 aromatic rings. The molecule has 0 fully saturated rings. The molecule has 0 aliphatic rings. The van der Waals surface area contributed by atoms with Gasteiger partial charge in [-0.05, 0) is 31.9 Å². The molecular weight excluding hydrogens is 226 g/mol. The summed E-state index contributed by atoms with van der Waals surface area (Å²) in [6.07, 6.45) is 1.17. The first kappa shape index (κ1) is 14.6. The lowest BCUT2D eigenvalue weighted by molar-refractivity contribution is 0.329. The molecule has 1 rings (SSSR count). The Hall–Kier alpha value is -1.45. The summed E-state index contributed by atoms with van der Waals surface area (Å²) in [6.45, 7) is 11.1. The molecule has 102 valence electrons. The van der Waals surface area contributed by atoms with Crippen LogP contribution < -0.4 is 15.4 Å². The van der Waals surface area contributed by atoms with Crippen molar-refractivity contribution >= 4 is 11.5 Å². The van der Waals surface area contributed by atoms with Crippen LogP contribution in [-0.4, -0.2) is 24.7 Å². The van der Waals surface area contributed by atoms with Gasteiger partial charge in [0, 0.05) is 13.1 Å². The van der Waals surface area contributed by atoms with Crippen LogP contribution in [0.3, 0.4) is 0 Å². The van der Waals surface area contributed by atoms with Crippen LogP contribution in [0.15, 0.2) is 12.1 Å². The van der Waals surface area contributed by atoms with E-state index in [1.54, 1.807) is 0 Å². The van der Waals surface area contributed by atoms with E-state index >= 15 is 0 Å². The predicted molar refractivity (Wildman–Crippen MR) is 77.2 cm³/mol. The van der Waals surface area contributed by atoms with Crippen LogP contribution in [0, 0.1) is 5.92 Å². The molecule has 1 unspecified atom stereocenters. The minimum atomic E-state index is 0.539. The highest BCUT2D eigenvalue weighted by Crippen LogP contribution is 2.23. The number of rotatable bonds is 7. The van der Waals surface area contributed by atoms with Crippen LogP contribution in [0.2, 0.25) is 0 Å². The van der Waals surface area contributed by atoms with Gasteiger partial charge in [-0.15, -0.1) is 0 Å². The Morgan fingerprint density at radius 3 is 2.61 bits per heavy atom. The number of anilines is 2. The number of aromatic nitrogens is 1. The summed E-state index contributed by atoms with van der Waals surface area (Å²) >= 11 is 0. The van der Waals surface area contributed by atoms with Crippen molar-refractivity contribution in [2.75, 3.05) is 30.3 Å². The van der Waals surface area contributed by atoms with Gasteiger partial charge in [-0.25, -0.2) is 0 Å². The van der Waals surface area contributed by atoms with E-state index in [9.17, 15) is 0 Å². The summed E-state index contributed by atoms with van der Waals surface area (Å²) in [5.41, 5.74) is 6.44. The molecular formula is C14H25N3O. The molecule has 4 heteroatoms. The third-order valence-corrected chi connectivity index (χ3v) is 3.09. The van der Waals surface area contributed by atoms with E-state index in [4.69, 9.17) is 10.5 Å². The van der Waals surface area contributed by atoms with Crippen LogP contribution in [0.1, 0.15) is 34.1 Å². The monoisotopic (exact) mass is 251 g/mol. The normalized spacial score (nSPS) is 12.2. The highest BCUT2D eigenvalue weighted by molar-refractivity contribution is 5.54. The van der Waals surface area contributed by atoms with Gasteiger partial charge in [0.25, 0.3) is 0 Å². The number of pyridine rings is 1. The smallest absolute Gasteiger partial charge is 0.239 e. The maximum Gasteiger partial charge on any atom is 0.239 e. The maximum atomic E-state index is 5.84. The standard InChI is InChI=1S/C14H25N3O/c1-5-11(4)10-17(6-2)13-9-8-12(15)14(16-13)18-7-3/h8-9,11H,5-7,10,15H2,1-4H3. The molecule has 0 amide bonds. The first-order valence-electron chi connectivity index (χ1n) is 6.76. The van der Waals surface area contributed by atoms with E-state index in [1.807, 2.05) is 19.1 Å². The van der Waals surface area contributed by atoms with Crippen molar-refractivity contribution < 1.29 is 4.74 Å². The Balaban J connectivity index is 2.88. The largest absolute Gasteiger partial charge is 0.476 e. The first-order valence-corrected chi connectivity index (χ1v) is 6.76. The molecule has 0 radical (unpaired) electrons. The fraction of sp³-hybridized carbons (Fsp3) is 0.643. The van der Waals surface area contributed by atoms with Crippen molar-refractivity contribution in [3.63, 3.8) is 0 Å². The molecule has 0 saturated carbocycles. The van der Waals surface area contributed by atoms with Crippen molar-refractivity contribution in [3.05, 3.63) is 12.1 Å². The summed E-state index contributed by atoms with van der Waals surface area (Å²) in [5.74, 6) is 2.13. The van der Waals surface area contributed by atoms with Gasteiger partial charge in [0.2, 0.25) is 5.88 Å². The second-order valence-electron chi connectivity index (χ2n) is 4.55. The van der Waals surface area contributed by atoms with Crippen molar-refractivity contribution in [2.24, 2.45) is 5.92 Å².